The Morgan fingerprint density at radius 3 is 2.36 bits per heavy atom. The van der Waals surface area contributed by atoms with Crippen molar-refractivity contribution in [2.75, 3.05) is 13.7 Å². The van der Waals surface area contributed by atoms with Crippen LogP contribution < -0.4 is 5.32 Å². The zero-order chi connectivity index (χ0) is 26.0. The molecule has 2 aromatic rings. The molecule has 1 N–H and O–H groups in total. The van der Waals surface area contributed by atoms with E-state index < -0.39 is 41.1 Å². The predicted octanol–water partition coefficient (Wildman–Crippen LogP) is 4.46. The Morgan fingerprint density at radius 1 is 1.06 bits per heavy atom. The number of methoxy groups -OCH3 is 1. The van der Waals surface area contributed by atoms with Crippen molar-refractivity contribution in [3.63, 3.8) is 0 Å². The van der Waals surface area contributed by atoms with Crippen molar-refractivity contribution >= 4 is 11.9 Å². The van der Waals surface area contributed by atoms with Gasteiger partial charge in [-0.25, -0.2) is 14.0 Å². The van der Waals surface area contributed by atoms with Crippen molar-refractivity contribution in [1.82, 2.24) is 5.32 Å². The summed E-state index contributed by atoms with van der Waals surface area (Å²) in [4.78, 5) is 25.9. The molecule has 4 rings (SSSR count). The summed E-state index contributed by atoms with van der Waals surface area (Å²) in [5, 5.41) is 2.13. The van der Waals surface area contributed by atoms with Crippen molar-refractivity contribution < 1.29 is 41.4 Å². The molecule has 0 bridgehead atoms. The van der Waals surface area contributed by atoms with Crippen molar-refractivity contribution in [1.29, 1.82) is 0 Å². The van der Waals surface area contributed by atoms with Gasteiger partial charge in [0.1, 0.15) is 18.1 Å². The van der Waals surface area contributed by atoms with Crippen LogP contribution in [-0.2, 0) is 36.8 Å². The lowest BCUT2D eigenvalue weighted by molar-refractivity contribution is -0.141. The van der Waals surface area contributed by atoms with Crippen LogP contribution in [0.15, 0.2) is 71.1 Å². The highest BCUT2D eigenvalue weighted by Crippen LogP contribution is 2.43. The molecule has 10 heteroatoms. The van der Waals surface area contributed by atoms with Gasteiger partial charge in [0.05, 0.1) is 36.9 Å². The van der Waals surface area contributed by atoms with Crippen LogP contribution in [0.5, 0.6) is 0 Å². The van der Waals surface area contributed by atoms with E-state index in [-0.39, 0.29) is 29.5 Å². The number of esters is 2. The molecule has 2 aromatic carbocycles. The summed E-state index contributed by atoms with van der Waals surface area (Å²) in [5.74, 6) is -4.58. The van der Waals surface area contributed by atoms with E-state index in [0.29, 0.717) is 18.6 Å². The van der Waals surface area contributed by atoms with Gasteiger partial charge in [-0.15, -0.1) is 0 Å². The van der Waals surface area contributed by atoms with Crippen molar-refractivity contribution in [3.8, 4) is 0 Å². The first-order valence-corrected chi connectivity index (χ1v) is 11.1. The van der Waals surface area contributed by atoms with Gasteiger partial charge in [-0.2, -0.15) is 13.2 Å². The molecule has 0 amide bonds. The number of alkyl halides is 3. The van der Waals surface area contributed by atoms with Crippen LogP contribution in [0.4, 0.5) is 17.6 Å². The number of dihydropyridines is 1. The van der Waals surface area contributed by atoms with Crippen LogP contribution >= 0.6 is 0 Å². The first-order chi connectivity index (χ1) is 17.1. The molecule has 190 valence electrons. The third-order valence-corrected chi connectivity index (χ3v) is 5.98. The lowest BCUT2D eigenvalue weighted by Crippen LogP contribution is -2.38. The molecule has 0 aromatic heterocycles. The minimum Gasteiger partial charge on any atom is -0.466 e. The van der Waals surface area contributed by atoms with E-state index in [1.807, 2.05) is 12.1 Å². The summed E-state index contributed by atoms with van der Waals surface area (Å²) in [6, 6.07) is 12.0. The summed E-state index contributed by atoms with van der Waals surface area (Å²) in [5.41, 5.74) is -1.07. The minimum absolute atomic E-state index is 0.0313. The third kappa shape index (κ3) is 5.43. The van der Waals surface area contributed by atoms with E-state index in [9.17, 15) is 27.2 Å². The van der Waals surface area contributed by atoms with Gasteiger partial charge in [0.2, 0.25) is 0 Å². The van der Waals surface area contributed by atoms with E-state index in [0.717, 1.165) is 24.8 Å². The molecule has 0 aliphatic carbocycles. The average Bonchev–Trinajstić information content (AvgIpc) is 3.65. The Bertz CT molecular complexity index is 1250. The number of hydrogen-bond donors (Lipinski definition) is 1. The highest BCUT2D eigenvalue weighted by Gasteiger charge is 2.47. The molecular weight excluding hydrogens is 482 g/mol. The Hall–Kier alpha value is -3.66. The predicted molar refractivity (Wildman–Crippen MR) is 120 cm³/mol. The smallest absolute Gasteiger partial charge is 0.431 e. The third-order valence-electron chi connectivity index (χ3n) is 5.98. The van der Waals surface area contributed by atoms with Crippen LogP contribution in [0.1, 0.15) is 29.5 Å². The maximum Gasteiger partial charge on any atom is 0.431 e. The fourth-order valence-corrected chi connectivity index (χ4v) is 4.22. The van der Waals surface area contributed by atoms with Crippen LogP contribution in [0.25, 0.3) is 0 Å². The Labute approximate surface area is 204 Å². The molecule has 2 aliphatic heterocycles. The SMILES string of the molecule is COC(=O)C1=C(C(F)(F)F)NC(C)=C(C(=O)OCc2ccccc2CC2CO2)C1c1cccc(F)c1. The highest BCUT2D eigenvalue weighted by atomic mass is 19.4. The van der Waals surface area contributed by atoms with Gasteiger partial charge in [-0.3, -0.25) is 0 Å². The number of nitrogens with one attached hydrogen (secondary N) is 1. The summed E-state index contributed by atoms with van der Waals surface area (Å²) in [7, 11) is 0.926. The van der Waals surface area contributed by atoms with Crippen LogP contribution in [0.2, 0.25) is 0 Å². The molecule has 0 saturated carbocycles. The molecule has 6 nitrogen and oxygen atoms in total. The zero-order valence-electron chi connectivity index (χ0n) is 19.4. The number of ether oxygens (including phenoxy) is 3. The Morgan fingerprint density at radius 2 is 1.75 bits per heavy atom. The fourth-order valence-electron chi connectivity index (χ4n) is 4.22. The van der Waals surface area contributed by atoms with E-state index >= 15 is 0 Å². The number of hydrogen-bond acceptors (Lipinski definition) is 6. The lowest BCUT2D eigenvalue weighted by Gasteiger charge is -2.32. The maximum atomic E-state index is 14.1. The molecule has 1 fully saturated rings. The van der Waals surface area contributed by atoms with Gasteiger partial charge in [0.25, 0.3) is 0 Å². The zero-order valence-corrected chi connectivity index (χ0v) is 19.4. The number of carbonyl (C=O) groups excluding carboxylic acids is 2. The summed E-state index contributed by atoms with van der Waals surface area (Å²) < 4.78 is 71.3. The summed E-state index contributed by atoms with van der Waals surface area (Å²) in [6.07, 6.45) is -4.25. The van der Waals surface area contributed by atoms with Crippen molar-refractivity contribution in [3.05, 3.63) is 93.6 Å². The molecular formula is C26H23F4NO5. The normalized spacial score (nSPS) is 19.6. The maximum absolute atomic E-state index is 14.1. The number of rotatable bonds is 7. The van der Waals surface area contributed by atoms with Gasteiger partial charge in [-0.1, -0.05) is 36.4 Å². The van der Waals surface area contributed by atoms with Gasteiger partial charge in [0.15, 0.2) is 0 Å². The number of halogens is 4. The summed E-state index contributed by atoms with van der Waals surface area (Å²) in [6.45, 7) is 1.75. The quantitative estimate of drug-likeness (QED) is 0.340. The first kappa shape index (κ1) is 25.4. The summed E-state index contributed by atoms with van der Waals surface area (Å²) >= 11 is 0. The first-order valence-electron chi connectivity index (χ1n) is 11.1. The van der Waals surface area contributed by atoms with Crippen LogP contribution in [0.3, 0.4) is 0 Å². The monoisotopic (exact) mass is 505 g/mol. The molecule has 2 aliphatic rings. The van der Waals surface area contributed by atoms with Crippen molar-refractivity contribution in [2.24, 2.45) is 0 Å². The molecule has 2 unspecified atom stereocenters. The van der Waals surface area contributed by atoms with E-state index in [1.54, 1.807) is 12.1 Å². The van der Waals surface area contributed by atoms with E-state index in [4.69, 9.17) is 9.47 Å². The number of benzene rings is 2. The number of carbonyl (C=O) groups is 2. The van der Waals surface area contributed by atoms with Gasteiger partial charge in [0, 0.05) is 12.1 Å². The van der Waals surface area contributed by atoms with Crippen LogP contribution in [-0.4, -0.2) is 37.9 Å². The number of allylic oxidation sites excluding steroid dienone is 2. The Kier molecular flexibility index (Phi) is 7.16. The van der Waals surface area contributed by atoms with E-state index in [1.165, 1.54) is 19.1 Å². The van der Waals surface area contributed by atoms with Gasteiger partial charge >= 0.3 is 18.1 Å². The standard InChI is InChI=1S/C26H23F4NO5/c1-14-20(25(33)36-12-17-7-4-3-6-15(17)11-19-13-35-19)21(16-8-5-9-18(27)10-16)22(24(32)34-2)23(31-14)26(28,29)30/h3-10,19,21,31H,11-13H2,1-2H3. The molecule has 2 atom stereocenters. The van der Waals surface area contributed by atoms with Crippen LogP contribution in [0, 0.1) is 5.82 Å². The highest BCUT2D eigenvalue weighted by molar-refractivity contribution is 6.00. The largest absolute Gasteiger partial charge is 0.466 e. The second kappa shape index (κ2) is 10.1. The topological polar surface area (TPSA) is 77.2 Å². The second-order valence-corrected chi connectivity index (χ2v) is 8.43. The fraction of sp³-hybridized carbons (Fsp3) is 0.308. The van der Waals surface area contributed by atoms with E-state index in [2.05, 4.69) is 10.1 Å². The average molecular weight is 505 g/mol. The van der Waals surface area contributed by atoms with Gasteiger partial charge in [-0.05, 0) is 35.7 Å². The Balaban J connectivity index is 1.72. The van der Waals surface area contributed by atoms with Gasteiger partial charge < -0.3 is 19.5 Å². The van der Waals surface area contributed by atoms with Crippen molar-refractivity contribution in [2.45, 2.75) is 38.1 Å². The molecule has 2 heterocycles. The molecule has 36 heavy (non-hydrogen) atoms. The molecule has 1 saturated heterocycles. The number of epoxide rings is 1. The minimum atomic E-state index is -4.98. The second-order valence-electron chi connectivity index (χ2n) is 8.43. The lowest BCUT2D eigenvalue weighted by atomic mass is 9.80. The molecule has 0 spiro atoms. The molecule has 0 radical (unpaired) electrons.